The van der Waals surface area contributed by atoms with Crippen LogP contribution in [0.15, 0.2) is 24.3 Å². The van der Waals surface area contributed by atoms with Crippen molar-refractivity contribution in [1.29, 1.82) is 0 Å². The fourth-order valence-electron chi connectivity index (χ4n) is 11.0. The Kier molecular flexibility index (Phi) is 65.9. The zero-order valence-electron chi connectivity index (χ0n) is 60.6. The first-order chi connectivity index (χ1) is 45.5. The fraction of sp³-hybridized carbons (Fsp3) is 0.893. The molecule has 19 heteroatoms. The van der Waals surface area contributed by atoms with Gasteiger partial charge in [-0.1, -0.05) is 316 Å². The largest absolute Gasteiger partial charge is 0.472 e. The van der Waals surface area contributed by atoms with Crippen LogP contribution in [-0.4, -0.2) is 96.7 Å². The van der Waals surface area contributed by atoms with E-state index in [1.54, 1.807) is 0 Å². The molecule has 5 atom stereocenters. The van der Waals surface area contributed by atoms with Gasteiger partial charge in [0.2, 0.25) is 0 Å². The van der Waals surface area contributed by atoms with Crippen LogP contribution in [0.1, 0.15) is 369 Å². The van der Waals surface area contributed by atoms with Gasteiger partial charge >= 0.3 is 39.5 Å². The molecule has 0 amide bonds. The number of ether oxygens (including phenoxy) is 4. The van der Waals surface area contributed by atoms with Crippen molar-refractivity contribution in [3.05, 3.63) is 24.3 Å². The van der Waals surface area contributed by atoms with Gasteiger partial charge in [0.25, 0.3) is 0 Å². The fourth-order valence-corrected chi connectivity index (χ4v) is 12.6. The third-order valence-electron chi connectivity index (χ3n) is 16.9. The topological polar surface area (TPSA) is 237 Å². The van der Waals surface area contributed by atoms with E-state index in [4.69, 9.17) is 37.0 Å². The second-order valence-corrected chi connectivity index (χ2v) is 29.7. The number of unbranched alkanes of at least 4 members (excludes halogenated alkanes) is 42. The second kappa shape index (κ2) is 67.7. The molecule has 0 bridgehead atoms. The van der Waals surface area contributed by atoms with Crippen LogP contribution in [0, 0.1) is 5.92 Å². The minimum Gasteiger partial charge on any atom is -0.462 e. The van der Waals surface area contributed by atoms with Crippen LogP contribution in [0.3, 0.4) is 0 Å². The molecule has 554 valence electrons. The Morgan fingerprint density at radius 3 is 0.872 bits per heavy atom. The monoisotopic (exact) mass is 1380 g/mol. The lowest BCUT2D eigenvalue weighted by molar-refractivity contribution is -0.161. The molecule has 0 aliphatic carbocycles. The van der Waals surface area contributed by atoms with Gasteiger partial charge in [-0.25, -0.2) is 9.13 Å². The summed E-state index contributed by atoms with van der Waals surface area (Å²) in [5.74, 6) is -1.41. The standard InChI is InChI=1S/C75H142O17P2/c1-6-9-12-15-17-19-21-23-25-26-27-28-29-30-32-34-36-41-45-50-55-60-75(80)92-71(65-86-73(78)59-54-49-44-40-35-33-31-24-22-20-18-16-13-10-7-2)67-90-94(83,84)88-63-69(76)62-87-93(81,82)89-66-70(64-85-72(77)58-53-47-14-11-8-3)91-74(79)61-56-51-46-42-38-37-39-43-48-52-57-68(4)5/h20,22,24,31,68-71,76H,6-19,21,23,25-30,32-67H2,1-5H3,(H,81,82)(H,83,84)/b22-20-,31-24-/t69-,70+,71+/m0/s1. The number of hydrogen-bond donors (Lipinski definition) is 3. The van der Waals surface area contributed by atoms with Crippen molar-refractivity contribution in [2.45, 2.75) is 387 Å². The molecule has 0 spiro atoms. The van der Waals surface area contributed by atoms with Gasteiger partial charge in [0.1, 0.15) is 19.3 Å². The normalized spacial score (nSPS) is 14.1. The molecule has 2 unspecified atom stereocenters. The Bertz CT molecular complexity index is 1900. The number of carbonyl (C=O) groups excluding carboxylic acids is 4. The van der Waals surface area contributed by atoms with E-state index in [0.29, 0.717) is 25.7 Å². The minimum absolute atomic E-state index is 0.102. The predicted octanol–water partition coefficient (Wildman–Crippen LogP) is 21.6. The minimum atomic E-state index is -4.96. The van der Waals surface area contributed by atoms with Gasteiger partial charge in [0.15, 0.2) is 12.2 Å². The summed E-state index contributed by atoms with van der Waals surface area (Å²) in [5, 5.41) is 10.6. The molecule has 0 rings (SSSR count). The lowest BCUT2D eigenvalue weighted by atomic mass is 10.0. The first kappa shape index (κ1) is 91.5. The van der Waals surface area contributed by atoms with Crippen LogP contribution < -0.4 is 0 Å². The number of aliphatic hydroxyl groups excluding tert-OH is 1. The van der Waals surface area contributed by atoms with Crippen LogP contribution in [0.4, 0.5) is 0 Å². The van der Waals surface area contributed by atoms with Crippen molar-refractivity contribution in [1.82, 2.24) is 0 Å². The third-order valence-corrected chi connectivity index (χ3v) is 18.8. The van der Waals surface area contributed by atoms with E-state index in [9.17, 15) is 43.2 Å². The Labute approximate surface area is 573 Å². The summed E-state index contributed by atoms with van der Waals surface area (Å²) in [5.41, 5.74) is 0. The molecule has 0 aliphatic rings. The maximum absolute atomic E-state index is 13.1. The Morgan fingerprint density at radius 2 is 0.574 bits per heavy atom. The van der Waals surface area contributed by atoms with Crippen LogP contribution in [0.2, 0.25) is 0 Å². The number of aliphatic hydroxyl groups is 1. The van der Waals surface area contributed by atoms with Crippen LogP contribution in [0.5, 0.6) is 0 Å². The number of hydrogen-bond acceptors (Lipinski definition) is 15. The molecule has 0 heterocycles. The number of esters is 4. The summed E-state index contributed by atoms with van der Waals surface area (Å²) < 4.78 is 68.2. The summed E-state index contributed by atoms with van der Waals surface area (Å²) in [7, 11) is -9.91. The summed E-state index contributed by atoms with van der Waals surface area (Å²) in [6.45, 7) is 7.11. The highest BCUT2D eigenvalue weighted by molar-refractivity contribution is 7.47. The molecule has 0 aromatic heterocycles. The number of phosphoric acid groups is 2. The van der Waals surface area contributed by atoms with Gasteiger partial charge in [-0.05, 0) is 57.3 Å². The highest BCUT2D eigenvalue weighted by Crippen LogP contribution is 2.45. The van der Waals surface area contributed by atoms with E-state index in [1.807, 2.05) is 0 Å². The summed E-state index contributed by atoms with van der Waals surface area (Å²) in [6.07, 6.45) is 59.6. The summed E-state index contributed by atoms with van der Waals surface area (Å²) in [4.78, 5) is 72.4. The average Bonchev–Trinajstić information content (AvgIpc) is 1.60. The zero-order valence-corrected chi connectivity index (χ0v) is 62.4. The summed E-state index contributed by atoms with van der Waals surface area (Å²) in [6, 6.07) is 0. The lowest BCUT2D eigenvalue weighted by Gasteiger charge is -2.21. The highest BCUT2D eigenvalue weighted by atomic mass is 31.2. The second-order valence-electron chi connectivity index (χ2n) is 26.8. The third kappa shape index (κ3) is 68.1. The van der Waals surface area contributed by atoms with Crippen LogP contribution in [-0.2, 0) is 65.4 Å². The molecular weight excluding hydrogens is 1230 g/mol. The molecule has 0 radical (unpaired) electrons. The van der Waals surface area contributed by atoms with E-state index in [2.05, 4.69) is 58.9 Å². The van der Waals surface area contributed by atoms with E-state index < -0.39 is 97.5 Å². The molecule has 3 N–H and O–H groups in total. The highest BCUT2D eigenvalue weighted by Gasteiger charge is 2.30. The van der Waals surface area contributed by atoms with E-state index in [-0.39, 0.29) is 25.7 Å². The number of allylic oxidation sites excluding steroid dienone is 4. The SMILES string of the molecule is CCCCCC/C=C\C=C/CCCCCCCC(=O)OC[C@H](COP(=O)(O)OC[C@@H](O)COP(=O)(O)OC[C@@H](COC(=O)CCCCCCC)OC(=O)CCCCCCCCCCCCC(C)C)OC(=O)CCCCCCCCCCCCCCCCCCCCCCC. The Morgan fingerprint density at radius 1 is 0.330 bits per heavy atom. The molecule has 94 heavy (non-hydrogen) atoms. The van der Waals surface area contributed by atoms with Crippen molar-refractivity contribution in [2.24, 2.45) is 5.92 Å². The molecule has 0 fully saturated rings. The number of phosphoric ester groups is 2. The van der Waals surface area contributed by atoms with Gasteiger partial charge in [-0.3, -0.25) is 37.3 Å². The molecule has 0 aromatic rings. The maximum Gasteiger partial charge on any atom is 0.472 e. The van der Waals surface area contributed by atoms with Gasteiger partial charge < -0.3 is 33.8 Å². The molecular formula is C75H142O17P2. The van der Waals surface area contributed by atoms with Gasteiger partial charge in [-0.15, -0.1) is 0 Å². The van der Waals surface area contributed by atoms with Crippen molar-refractivity contribution in [3.8, 4) is 0 Å². The van der Waals surface area contributed by atoms with E-state index in [1.165, 1.54) is 167 Å². The van der Waals surface area contributed by atoms with E-state index >= 15 is 0 Å². The first-order valence-corrected chi connectivity index (χ1v) is 41.4. The van der Waals surface area contributed by atoms with Gasteiger partial charge in [0.05, 0.1) is 26.4 Å². The lowest BCUT2D eigenvalue weighted by Crippen LogP contribution is -2.30. The van der Waals surface area contributed by atoms with Crippen LogP contribution in [0.25, 0.3) is 0 Å². The average molecular weight is 1380 g/mol. The molecule has 17 nitrogen and oxygen atoms in total. The Balaban J connectivity index is 5.16. The Hall–Kier alpha value is -2.46. The molecule has 0 saturated carbocycles. The van der Waals surface area contributed by atoms with Gasteiger partial charge in [0, 0.05) is 25.7 Å². The quantitative estimate of drug-likeness (QED) is 0.0169. The predicted molar refractivity (Wildman–Crippen MR) is 381 cm³/mol. The number of rotatable bonds is 73. The maximum atomic E-state index is 13.1. The van der Waals surface area contributed by atoms with E-state index in [0.717, 1.165) is 121 Å². The number of carbonyl (C=O) groups is 4. The molecule has 0 aromatic carbocycles. The molecule has 0 saturated heterocycles. The zero-order chi connectivity index (χ0) is 69.1. The van der Waals surface area contributed by atoms with Crippen LogP contribution >= 0.6 is 15.6 Å². The smallest absolute Gasteiger partial charge is 0.462 e. The molecule has 0 aliphatic heterocycles. The van der Waals surface area contributed by atoms with Crippen molar-refractivity contribution in [3.63, 3.8) is 0 Å². The van der Waals surface area contributed by atoms with Crippen molar-refractivity contribution < 1.29 is 80.2 Å². The van der Waals surface area contributed by atoms with Crippen molar-refractivity contribution in [2.75, 3.05) is 39.6 Å². The first-order valence-electron chi connectivity index (χ1n) is 38.5. The summed E-state index contributed by atoms with van der Waals surface area (Å²) >= 11 is 0. The van der Waals surface area contributed by atoms with Crippen molar-refractivity contribution >= 4 is 39.5 Å². The van der Waals surface area contributed by atoms with Gasteiger partial charge in [-0.2, -0.15) is 0 Å².